The first-order valence-corrected chi connectivity index (χ1v) is 10.7. The maximum Gasteiger partial charge on any atom is 0.267 e. The topological polar surface area (TPSA) is 85.7 Å². The Morgan fingerprint density at radius 2 is 1.78 bits per heavy atom. The predicted octanol–water partition coefficient (Wildman–Crippen LogP) is 3.68. The number of hydrogen-bond donors (Lipinski definition) is 1. The van der Waals surface area contributed by atoms with E-state index in [1.54, 1.807) is 19.1 Å². The fourth-order valence-corrected chi connectivity index (χ4v) is 3.61. The highest BCUT2D eigenvalue weighted by Crippen LogP contribution is 2.35. The molecule has 166 valence electrons. The van der Waals surface area contributed by atoms with Crippen molar-refractivity contribution >= 4 is 17.3 Å². The molecule has 2 aromatic carbocycles. The van der Waals surface area contributed by atoms with E-state index in [0.717, 1.165) is 24.3 Å². The van der Waals surface area contributed by atoms with E-state index in [0.29, 0.717) is 22.9 Å². The van der Waals surface area contributed by atoms with Gasteiger partial charge in [-0.25, -0.2) is 4.68 Å². The zero-order valence-corrected chi connectivity index (χ0v) is 18.4. The summed E-state index contributed by atoms with van der Waals surface area (Å²) in [6, 6.07) is 15.4. The monoisotopic (exact) mass is 434 g/mol. The number of benzene rings is 2. The molecule has 0 radical (unpaired) electrons. The Morgan fingerprint density at radius 3 is 2.50 bits per heavy atom. The zero-order chi connectivity index (χ0) is 22.7. The molecule has 0 fully saturated rings. The Morgan fingerprint density at radius 1 is 1.06 bits per heavy atom. The van der Waals surface area contributed by atoms with Crippen LogP contribution in [0.25, 0.3) is 11.3 Å². The summed E-state index contributed by atoms with van der Waals surface area (Å²) >= 11 is 0. The van der Waals surface area contributed by atoms with Crippen molar-refractivity contribution in [2.24, 2.45) is 0 Å². The maximum absolute atomic E-state index is 12.8. The van der Waals surface area contributed by atoms with Crippen molar-refractivity contribution in [2.75, 3.05) is 30.1 Å². The van der Waals surface area contributed by atoms with Crippen molar-refractivity contribution in [1.82, 2.24) is 9.78 Å². The van der Waals surface area contributed by atoms with Gasteiger partial charge in [0.25, 0.3) is 5.56 Å². The molecule has 1 amide bonds. The molecule has 1 atom stereocenters. The zero-order valence-electron chi connectivity index (χ0n) is 18.4. The van der Waals surface area contributed by atoms with Crippen molar-refractivity contribution in [3.05, 3.63) is 65.0 Å². The number of rotatable bonds is 7. The minimum Gasteiger partial charge on any atom is -0.454 e. The molecule has 1 unspecified atom stereocenters. The van der Waals surface area contributed by atoms with E-state index in [4.69, 9.17) is 9.47 Å². The van der Waals surface area contributed by atoms with Crippen LogP contribution in [-0.4, -0.2) is 35.6 Å². The van der Waals surface area contributed by atoms with Gasteiger partial charge < -0.3 is 19.7 Å². The van der Waals surface area contributed by atoms with E-state index >= 15 is 0 Å². The van der Waals surface area contributed by atoms with Crippen LogP contribution in [0.2, 0.25) is 0 Å². The summed E-state index contributed by atoms with van der Waals surface area (Å²) in [6.45, 7) is 7.85. The van der Waals surface area contributed by atoms with Crippen LogP contribution in [0.1, 0.15) is 26.8 Å². The van der Waals surface area contributed by atoms with Gasteiger partial charge in [-0.05, 0) is 69.3 Å². The smallest absolute Gasteiger partial charge is 0.267 e. The minimum atomic E-state index is -0.793. The molecule has 4 rings (SSSR count). The Kier molecular flexibility index (Phi) is 6.11. The van der Waals surface area contributed by atoms with Crippen molar-refractivity contribution in [2.45, 2.75) is 26.8 Å². The normalized spacial score (nSPS) is 13.0. The number of nitrogens with zero attached hydrogens (tertiary/aromatic N) is 3. The fourth-order valence-electron chi connectivity index (χ4n) is 3.61. The number of fused-ring (bicyclic) bond motifs is 1. The number of carbonyl (C=O) groups excluding carboxylic acids is 1. The molecule has 8 nitrogen and oxygen atoms in total. The summed E-state index contributed by atoms with van der Waals surface area (Å²) in [7, 11) is 0. The van der Waals surface area contributed by atoms with Gasteiger partial charge in [-0.3, -0.25) is 9.59 Å². The first kappa shape index (κ1) is 21.4. The summed E-state index contributed by atoms with van der Waals surface area (Å²) in [5, 5.41) is 7.30. The SMILES string of the molecule is CCN(CC)c1ccc(NC(=O)C(C)n2nc(-c3ccc4c(c3)OCO4)ccc2=O)cc1. The summed E-state index contributed by atoms with van der Waals surface area (Å²) in [6.07, 6.45) is 0. The number of ether oxygens (including phenoxy) is 2. The van der Waals surface area contributed by atoms with Crippen LogP contribution in [0.4, 0.5) is 11.4 Å². The molecular formula is C24H26N4O4. The average Bonchev–Trinajstić information content (AvgIpc) is 3.29. The van der Waals surface area contributed by atoms with Crippen LogP contribution in [0.15, 0.2) is 59.4 Å². The Labute approximate surface area is 186 Å². The number of carbonyl (C=O) groups is 1. The third-order valence-corrected chi connectivity index (χ3v) is 5.50. The molecule has 2 heterocycles. The fraction of sp³-hybridized carbons (Fsp3) is 0.292. The van der Waals surface area contributed by atoms with Gasteiger partial charge in [0.2, 0.25) is 12.7 Å². The van der Waals surface area contributed by atoms with E-state index in [1.165, 1.54) is 10.7 Å². The third-order valence-electron chi connectivity index (χ3n) is 5.50. The second kappa shape index (κ2) is 9.13. The van der Waals surface area contributed by atoms with Crippen LogP contribution in [-0.2, 0) is 4.79 Å². The van der Waals surface area contributed by atoms with Crippen molar-refractivity contribution in [1.29, 1.82) is 0 Å². The first-order valence-electron chi connectivity index (χ1n) is 10.7. The Bertz CT molecular complexity index is 1170. The summed E-state index contributed by atoms with van der Waals surface area (Å²) in [5.41, 5.74) is 2.73. The highest BCUT2D eigenvalue weighted by atomic mass is 16.7. The molecule has 32 heavy (non-hydrogen) atoms. The summed E-state index contributed by atoms with van der Waals surface area (Å²) in [4.78, 5) is 27.5. The molecule has 0 saturated carbocycles. The van der Waals surface area contributed by atoms with Crippen LogP contribution >= 0.6 is 0 Å². The van der Waals surface area contributed by atoms with Gasteiger partial charge in [0.1, 0.15) is 6.04 Å². The van der Waals surface area contributed by atoms with Gasteiger partial charge in [-0.15, -0.1) is 0 Å². The third kappa shape index (κ3) is 4.30. The highest BCUT2D eigenvalue weighted by molar-refractivity contribution is 5.93. The van der Waals surface area contributed by atoms with Gasteiger partial charge >= 0.3 is 0 Å². The van der Waals surface area contributed by atoms with Crippen LogP contribution in [0.5, 0.6) is 11.5 Å². The maximum atomic E-state index is 12.8. The van der Waals surface area contributed by atoms with Crippen molar-refractivity contribution < 1.29 is 14.3 Å². The minimum absolute atomic E-state index is 0.179. The number of nitrogens with one attached hydrogen (secondary N) is 1. The van der Waals surface area contributed by atoms with E-state index in [2.05, 4.69) is 29.2 Å². The number of hydrogen-bond acceptors (Lipinski definition) is 6. The highest BCUT2D eigenvalue weighted by Gasteiger charge is 2.20. The Balaban J connectivity index is 1.52. The lowest BCUT2D eigenvalue weighted by atomic mass is 10.1. The molecule has 1 aromatic heterocycles. The van der Waals surface area contributed by atoms with Gasteiger partial charge in [0.05, 0.1) is 5.69 Å². The second-order valence-corrected chi connectivity index (χ2v) is 7.45. The molecule has 1 N–H and O–H groups in total. The van der Waals surface area contributed by atoms with Gasteiger partial charge in [0.15, 0.2) is 11.5 Å². The van der Waals surface area contributed by atoms with E-state index in [-0.39, 0.29) is 18.3 Å². The van der Waals surface area contributed by atoms with Crippen molar-refractivity contribution in [3.63, 3.8) is 0 Å². The van der Waals surface area contributed by atoms with Gasteiger partial charge in [-0.2, -0.15) is 5.10 Å². The molecule has 0 spiro atoms. The molecule has 1 aliphatic rings. The Hall–Kier alpha value is -3.81. The molecule has 1 aliphatic heterocycles. The van der Waals surface area contributed by atoms with Gasteiger partial charge in [0, 0.05) is 36.1 Å². The number of amides is 1. The quantitative estimate of drug-likeness (QED) is 0.611. The van der Waals surface area contributed by atoms with E-state index in [1.807, 2.05) is 36.4 Å². The summed E-state index contributed by atoms with van der Waals surface area (Å²) < 4.78 is 12.0. The van der Waals surface area contributed by atoms with Crippen LogP contribution in [0.3, 0.4) is 0 Å². The summed E-state index contributed by atoms with van der Waals surface area (Å²) in [5.74, 6) is 0.973. The van der Waals surface area contributed by atoms with E-state index < -0.39 is 6.04 Å². The second-order valence-electron chi connectivity index (χ2n) is 7.45. The largest absolute Gasteiger partial charge is 0.454 e. The number of aromatic nitrogens is 2. The molecular weight excluding hydrogens is 408 g/mol. The molecule has 3 aromatic rings. The molecule has 0 saturated heterocycles. The average molecular weight is 434 g/mol. The lowest BCUT2D eigenvalue weighted by Crippen LogP contribution is -2.33. The molecule has 8 heteroatoms. The molecule has 0 aliphatic carbocycles. The van der Waals surface area contributed by atoms with Crippen LogP contribution < -0.4 is 25.2 Å². The number of anilines is 2. The first-order chi connectivity index (χ1) is 15.5. The van der Waals surface area contributed by atoms with Crippen LogP contribution in [0, 0.1) is 0 Å². The van der Waals surface area contributed by atoms with Crippen molar-refractivity contribution in [3.8, 4) is 22.8 Å². The molecule has 0 bridgehead atoms. The standard InChI is InChI=1S/C24H26N4O4/c1-4-27(5-2)19-9-7-18(8-10-19)25-24(30)16(3)28-23(29)13-11-20(26-28)17-6-12-21-22(14-17)32-15-31-21/h6-14,16H,4-5,15H2,1-3H3,(H,25,30). The van der Waals surface area contributed by atoms with Gasteiger partial charge in [-0.1, -0.05) is 0 Å². The predicted molar refractivity (Wildman–Crippen MR) is 123 cm³/mol. The lowest BCUT2D eigenvalue weighted by Gasteiger charge is -2.21. The lowest BCUT2D eigenvalue weighted by molar-refractivity contribution is -0.119. The van der Waals surface area contributed by atoms with E-state index in [9.17, 15) is 9.59 Å².